The minimum Gasteiger partial charge on any atom is -0.496 e. The van der Waals surface area contributed by atoms with Crippen molar-refractivity contribution >= 4 is 17.9 Å². The molecule has 2 aromatic carbocycles. The number of para-hydroxylation sites is 2. The van der Waals surface area contributed by atoms with Crippen molar-refractivity contribution in [3.05, 3.63) is 70.8 Å². The van der Waals surface area contributed by atoms with Crippen molar-refractivity contribution in [2.24, 2.45) is 0 Å². The van der Waals surface area contributed by atoms with Crippen LogP contribution in [0.1, 0.15) is 11.1 Å². The van der Waals surface area contributed by atoms with Gasteiger partial charge in [0, 0.05) is 35.4 Å². The topological polar surface area (TPSA) is 38.8 Å². The third-order valence-corrected chi connectivity index (χ3v) is 4.40. The van der Waals surface area contributed by atoms with E-state index in [-0.39, 0.29) is 5.78 Å². The van der Waals surface area contributed by atoms with Crippen molar-refractivity contribution in [2.45, 2.75) is 0 Å². The molecule has 0 amide bonds. The number of ether oxygens (including phenoxy) is 2. The van der Waals surface area contributed by atoms with Crippen LogP contribution < -0.4 is 9.47 Å². The summed E-state index contributed by atoms with van der Waals surface area (Å²) < 4.78 is 10.8. The number of carbonyl (C=O) groups excluding carboxylic acids is 1. The summed E-state index contributed by atoms with van der Waals surface area (Å²) in [4.78, 5) is 15.2. The van der Waals surface area contributed by atoms with Crippen LogP contribution >= 0.6 is 0 Å². The van der Waals surface area contributed by atoms with Gasteiger partial charge in [0.25, 0.3) is 0 Å². The lowest BCUT2D eigenvalue weighted by molar-refractivity contribution is -0.113. The van der Waals surface area contributed by atoms with E-state index in [0.717, 1.165) is 33.8 Å². The van der Waals surface area contributed by atoms with Gasteiger partial charge in [0.15, 0.2) is 5.78 Å². The molecule has 4 heteroatoms. The van der Waals surface area contributed by atoms with E-state index >= 15 is 0 Å². The summed E-state index contributed by atoms with van der Waals surface area (Å²) >= 11 is 0. The molecule has 1 aliphatic heterocycles. The standard InChI is InChI=1S/C22H23NO3/c1-23-14-18(12-16-8-4-6-10-20(16)25-2)22(24)19(15-23)13-17-9-5-7-11-21(17)26-3/h4-13H,14-15H2,1-3H3/b18-12+,19-13+. The van der Waals surface area contributed by atoms with E-state index in [4.69, 9.17) is 9.47 Å². The third-order valence-electron chi connectivity index (χ3n) is 4.40. The number of ketones is 1. The molecule has 0 N–H and O–H groups in total. The van der Waals surface area contributed by atoms with Gasteiger partial charge >= 0.3 is 0 Å². The average Bonchev–Trinajstić information content (AvgIpc) is 2.66. The molecule has 1 heterocycles. The Labute approximate surface area is 154 Å². The second-order valence-electron chi connectivity index (χ2n) is 6.32. The molecule has 0 bridgehead atoms. The highest BCUT2D eigenvalue weighted by atomic mass is 16.5. The predicted molar refractivity (Wildman–Crippen MR) is 104 cm³/mol. The molecule has 1 saturated heterocycles. The van der Waals surface area contributed by atoms with Crippen LogP contribution in [0.2, 0.25) is 0 Å². The number of Topliss-reactive ketones (excluding diaryl/α,β-unsaturated/α-hetero) is 1. The van der Waals surface area contributed by atoms with Gasteiger partial charge in [-0.15, -0.1) is 0 Å². The molecule has 4 nitrogen and oxygen atoms in total. The largest absolute Gasteiger partial charge is 0.496 e. The fraction of sp³-hybridized carbons (Fsp3) is 0.227. The second-order valence-corrected chi connectivity index (χ2v) is 6.32. The Morgan fingerprint density at radius 3 is 1.65 bits per heavy atom. The molecular formula is C22H23NO3. The first-order valence-corrected chi connectivity index (χ1v) is 8.53. The molecule has 134 valence electrons. The summed E-state index contributed by atoms with van der Waals surface area (Å²) in [5.41, 5.74) is 3.32. The van der Waals surface area contributed by atoms with Gasteiger partial charge in [0.2, 0.25) is 0 Å². The maximum atomic E-state index is 13.0. The number of likely N-dealkylation sites (tertiary alicyclic amines) is 1. The summed E-state index contributed by atoms with van der Waals surface area (Å²) in [5.74, 6) is 1.59. The summed E-state index contributed by atoms with van der Waals surface area (Å²) in [7, 11) is 5.29. The van der Waals surface area contributed by atoms with E-state index in [9.17, 15) is 4.79 Å². The molecule has 1 aliphatic rings. The van der Waals surface area contributed by atoms with E-state index in [2.05, 4.69) is 4.90 Å². The molecule has 0 spiro atoms. The monoisotopic (exact) mass is 349 g/mol. The van der Waals surface area contributed by atoms with E-state index in [0.29, 0.717) is 13.1 Å². The van der Waals surface area contributed by atoms with Crippen molar-refractivity contribution in [2.75, 3.05) is 34.4 Å². The lowest BCUT2D eigenvalue weighted by atomic mass is 9.94. The van der Waals surface area contributed by atoms with Gasteiger partial charge in [-0.05, 0) is 31.3 Å². The zero-order chi connectivity index (χ0) is 18.5. The number of methoxy groups -OCH3 is 2. The number of likely N-dealkylation sites (N-methyl/N-ethyl adjacent to an activating group) is 1. The minimum absolute atomic E-state index is 0.0694. The smallest absolute Gasteiger partial charge is 0.187 e. The first-order chi connectivity index (χ1) is 12.6. The number of rotatable bonds is 4. The van der Waals surface area contributed by atoms with Crippen LogP contribution in [-0.4, -0.2) is 45.0 Å². The van der Waals surface area contributed by atoms with Gasteiger partial charge in [-0.25, -0.2) is 0 Å². The Balaban J connectivity index is 1.98. The van der Waals surface area contributed by atoms with Crippen LogP contribution in [0.4, 0.5) is 0 Å². The van der Waals surface area contributed by atoms with Gasteiger partial charge in [-0.2, -0.15) is 0 Å². The molecule has 0 aliphatic carbocycles. The molecule has 0 radical (unpaired) electrons. The lowest BCUT2D eigenvalue weighted by Crippen LogP contribution is -2.34. The van der Waals surface area contributed by atoms with Crippen molar-refractivity contribution in [1.82, 2.24) is 4.90 Å². The maximum absolute atomic E-state index is 13.0. The Morgan fingerprint density at radius 2 is 1.23 bits per heavy atom. The first kappa shape index (κ1) is 18.0. The van der Waals surface area contributed by atoms with Gasteiger partial charge in [0.05, 0.1) is 14.2 Å². The molecule has 0 atom stereocenters. The molecule has 2 aromatic rings. The molecule has 3 rings (SSSR count). The normalized spacial score (nSPS) is 18.3. The zero-order valence-electron chi connectivity index (χ0n) is 15.4. The molecule has 0 saturated carbocycles. The zero-order valence-corrected chi connectivity index (χ0v) is 15.4. The number of hydrogen-bond acceptors (Lipinski definition) is 4. The van der Waals surface area contributed by atoms with Crippen molar-refractivity contribution < 1.29 is 14.3 Å². The number of carbonyl (C=O) groups is 1. The molecular weight excluding hydrogens is 326 g/mol. The highest BCUT2D eigenvalue weighted by Gasteiger charge is 2.24. The average molecular weight is 349 g/mol. The fourth-order valence-corrected chi connectivity index (χ4v) is 3.16. The SMILES string of the molecule is COc1ccccc1/C=C1\CN(C)C/C(=C\c2ccccc2OC)C1=O. The summed E-state index contributed by atoms with van der Waals surface area (Å²) in [6, 6.07) is 15.4. The van der Waals surface area contributed by atoms with Crippen molar-refractivity contribution in [1.29, 1.82) is 0 Å². The van der Waals surface area contributed by atoms with Gasteiger partial charge in [-0.3, -0.25) is 9.69 Å². The van der Waals surface area contributed by atoms with Crippen molar-refractivity contribution in [3.8, 4) is 11.5 Å². The summed E-state index contributed by atoms with van der Waals surface area (Å²) in [5, 5.41) is 0. The molecule has 0 unspecified atom stereocenters. The van der Waals surface area contributed by atoms with Gasteiger partial charge < -0.3 is 9.47 Å². The number of benzene rings is 2. The van der Waals surface area contributed by atoms with Crippen LogP contribution in [0.15, 0.2) is 59.7 Å². The summed E-state index contributed by atoms with van der Waals surface area (Å²) in [6.07, 6.45) is 3.85. The third kappa shape index (κ3) is 3.86. The Morgan fingerprint density at radius 1 is 0.808 bits per heavy atom. The van der Waals surface area contributed by atoms with Crippen LogP contribution in [0.3, 0.4) is 0 Å². The quantitative estimate of drug-likeness (QED) is 0.789. The van der Waals surface area contributed by atoms with Crippen molar-refractivity contribution in [3.63, 3.8) is 0 Å². The number of piperidine rings is 1. The minimum atomic E-state index is 0.0694. The van der Waals surface area contributed by atoms with E-state index in [1.165, 1.54) is 0 Å². The highest BCUT2D eigenvalue weighted by Crippen LogP contribution is 2.27. The highest BCUT2D eigenvalue weighted by molar-refractivity contribution is 6.14. The van der Waals surface area contributed by atoms with Crippen LogP contribution in [0, 0.1) is 0 Å². The van der Waals surface area contributed by atoms with Gasteiger partial charge in [-0.1, -0.05) is 36.4 Å². The molecule has 26 heavy (non-hydrogen) atoms. The molecule has 1 fully saturated rings. The second kappa shape index (κ2) is 8.02. The van der Waals surface area contributed by atoms with Crippen LogP contribution in [0.25, 0.3) is 12.2 Å². The number of nitrogens with zero attached hydrogens (tertiary/aromatic N) is 1. The van der Waals surface area contributed by atoms with E-state index < -0.39 is 0 Å². The maximum Gasteiger partial charge on any atom is 0.187 e. The Kier molecular flexibility index (Phi) is 5.54. The van der Waals surface area contributed by atoms with Gasteiger partial charge in [0.1, 0.15) is 11.5 Å². The first-order valence-electron chi connectivity index (χ1n) is 8.53. The predicted octanol–water partition coefficient (Wildman–Crippen LogP) is 3.69. The fourth-order valence-electron chi connectivity index (χ4n) is 3.16. The Hall–Kier alpha value is -2.85. The van der Waals surface area contributed by atoms with E-state index in [1.54, 1.807) is 14.2 Å². The number of hydrogen-bond donors (Lipinski definition) is 0. The van der Waals surface area contributed by atoms with Crippen LogP contribution in [0.5, 0.6) is 11.5 Å². The Bertz CT molecular complexity index is 798. The van der Waals surface area contributed by atoms with Crippen LogP contribution in [-0.2, 0) is 4.79 Å². The lowest BCUT2D eigenvalue weighted by Gasteiger charge is -2.26. The molecule has 0 aromatic heterocycles. The van der Waals surface area contributed by atoms with E-state index in [1.807, 2.05) is 67.7 Å². The summed E-state index contributed by atoms with van der Waals surface area (Å²) in [6.45, 7) is 1.22.